The van der Waals surface area contributed by atoms with Crippen LogP contribution in [0.4, 0.5) is 0 Å². The lowest BCUT2D eigenvalue weighted by atomic mass is 9.66. The summed E-state index contributed by atoms with van der Waals surface area (Å²) < 4.78 is 0. The number of rotatable bonds is 2. The minimum atomic E-state index is -0.0684. The van der Waals surface area contributed by atoms with E-state index in [0.717, 1.165) is 17.9 Å². The van der Waals surface area contributed by atoms with Crippen molar-refractivity contribution >= 4 is 17.4 Å². The van der Waals surface area contributed by atoms with E-state index in [1.165, 1.54) is 12.0 Å². The molecule has 0 amide bonds. The zero-order chi connectivity index (χ0) is 14.5. The van der Waals surface area contributed by atoms with Crippen molar-refractivity contribution in [3.8, 4) is 0 Å². The number of ketones is 1. The fourth-order valence-corrected chi connectivity index (χ4v) is 4.37. The minimum absolute atomic E-state index is 0.0684. The molecule has 2 aliphatic carbocycles. The molecule has 1 aromatic rings. The molecule has 4 atom stereocenters. The molecule has 0 heterocycles. The second-order valence-electron chi connectivity index (χ2n) is 7.04. The van der Waals surface area contributed by atoms with Crippen molar-refractivity contribution in [3.63, 3.8) is 0 Å². The van der Waals surface area contributed by atoms with Crippen molar-refractivity contribution < 1.29 is 4.79 Å². The summed E-state index contributed by atoms with van der Waals surface area (Å²) in [5, 5.41) is 0.770. The van der Waals surface area contributed by atoms with Crippen LogP contribution < -0.4 is 0 Å². The molecule has 2 fully saturated rings. The van der Waals surface area contributed by atoms with E-state index in [-0.39, 0.29) is 11.3 Å². The molecule has 2 aliphatic rings. The Kier molecular flexibility index (Phi) is 3.44. The van der Waals surface area contributed by atoms with Gasteiger partial charge in [0.25, 0.3) is 0 Å². The summed E-state index contributed by atoms with van der Waals surface area (Å²) in [7, 11) is 0. The van der Waals surface area contributed by atoms with Crippen LogP contribution in [0.2, 0.25) is 5.02 Å². The Hall–Kier alpha value is -0.820. The molecule has 20 heavy (non-hydrogen) atoms. The van der Waals surface area contributed by atoms with Crippen LogP contribution in [0.15, 0.2) is 24.3 Å². The summed E-state index contributed by atoms with van der Waals surface area (Å²) >= 11 is 5.97. The van der Waals surface area contributed by atoms with E-state index in [9.17, 15) is 4.79 Å². The van der Waals surface area contributed by atoms with Crippen LogP contribution in [-0.4, -0.2) is 5.78 Å². The molecule has 108 valence electrons. The van der Waals surface area contributed by atoms with Crippen LogP contribution in [0.3, 0.4) is 0 Å². The number of carbonyl (C=O) groups is 1. The van der Waals surface area contributed by atoms with Crippen molar-refractivity contribution in [2.24, 2.45) is 23.2 Å². The van der Waals surface area contributed by atoms with Crippen LogP contribution in [0.1, 0.15) is 51.5 Å². The van der Waals surface area contributed by atoms with Crippen LogP contribution in [0.5, 0.6) is 0 Å². The average molecular weight is 291 g/mol. The normalized spacial score (nSPS) is 36.6. The number of benzene rings is 1. The quantitative estimate of drug-likeness (QED) is 0.742. The largest absolute Gasteiger partial charge is 0.299 e. The third-order valence-corrected chi connectivity index (χ3v) is 5.92. The SMILES string of the molecule is CC(C)C1CCC(C)C2(CC2c2ccc(Cl)cc2)C1=O. The van der Waals surface area contributed by atoms with Crippen molar-refractivity contribution in [2.75, 3.05) is 0 Å². The van der Waals surface area contributed by atoms with Gasteiger partial charge < -0.3 is 0 Å². The molecule has 1 spiro atoms. The zero-order valence-electron chi connectivity index (χ0n) is 12.5. The molecule has 0 aliphatic heterocycles. The first-order valence-corrected chi connectivity index (χ1v) is 8.14. The Morgan fingerprint density at radius 2 is 1.85 bits per heavy atom. The van der Waals surface area contributed by atoms with Gasteiger partial charge in [-0.05, 0) is 54.7 Å². The van der Waals surface area contributed by atoms with Crippen molar-refractivity contribution in [1.29, 1.82) is 0 Å². The molecule has 1 aromatic carbocycles. The summed E-state index contributed by atoms with van der Waals surface area (Å²) in [6.45, 7) is 6.64. The summed E-state index contributed by atoms with van der Waals surface area (Å²) in [5.41, 5.74) is 1.22. The predicted molar refractivity (Wildman–Crippen MR) is 83.0 cm³/mol. The standard InChI is InChI=1S/C18H23ClO/c1-11(2)15-9-4-12(3)18(17(15)20)10-16(18)13-5-7-14(19)8-6-13/h5-8,11-12,15-16H,4,9-10H2,1-3H3. The maximum atomic E-state index is 13.0. The number of Topliss-reactive ketones (excluding diaryl/α,β-unsaturated/α-hetero) is 1. The molecule has 0 radical (unpaired) electrons. The van der Waals surface area contributed by atoms with Gasteiger partial charge in [0.05, 0.1) is 0 Å². The van der Waals surface area contributed by atoms with E-state index in [4.69, 9.17) is 11.6 Å². The fraction of sp³-hybridized carbons (Fsp3) is 0.611. The lowest BCUT2D eigenvalue weighted by Crippen LogP contribution is -2.39. The van der Waals surface area contributed by atoms with Gasteiger partial charge in [0.1, 0.15) is 5.78 Å². The molecular formula is C18H23ClO. The summed E-state index contributed by atoms with van der Waals surface area (Å²) in [5.74, 6) is 2.21. The molecule has 3 rings (SSSR count). The maximum Gasteiger partial charge on any atom is 0.143 e. The fourth-order valence-electron chi connectivity index (χ4n) is 4.25. The Morgan fingerprint density at radius 1 is 1.20 bits per heavy atom. The van der Waals surface area contributed by atoms with Crippen LogP contribution in [0.25, 0.3) is 0 Å². The first-order valence-electron chi connectivity index (χ1n) is 7.76. The van der Waals surface area contributed by atoms with Crippen molar-refractivity contribution in [3.05, 3.63) is 34.9 Å². The van der Waals surface area contributed by atoms with Gasteiger partial charge in [-0.15, -0.1) is 0 Å². The summed E-state index contributed by atoms with van der Waals surface area (Å²) in [6, 6.07) is 8.09. The molecule has 0 aromatic heterocycles. The highest BCUT2D eigenvalue weighted by Gasteiger charge is 2.65. The Morgan fingerprint density at radius 3 is 2.45 bits per heavy atom. The highest BCUT2D eigenvalue weighted by atomic mass is 35.5. The Labute approximate surface area is 126 Å². The lowest BCUT2D eigenvalue weighted by molar-refractivity contribution is -0.135. The molecule has 0 saturated heterocycles. The van der Waals surface area contributed by atoms with Crippen LogP contribution >= 0.6 is 11.6 Å². The van der Waals surface area contributed by atoms with Crippen LogP contribution in [-0.2, 0) is 4.79 Å². The summed E-state index contributed by atoms with van der Waals surface area (Å²) in [4.78, 5) is 13.0. The number of carbonyl (C=O) groups excluding carboxylic acids is 1. The van der Waals surface area contributed by atoms with E-state index >= 15 is 0 Å². The van der Waals surface area contributed by atoms with Gasteiger partial charge in [-0.1, -0.05) is 44.5 Å². The lowest BCUT2D eigenvalue weighted by Gasteiger charge is -2.36. The average Bonchev–Trinajstić information content (AvgIpc) is 3.14. The molecule has 2 heteroatoms. The Balaban J connectivity index is 1.88. The maximum absolute atomic E-state index is 13.0. The molecule has 2 saturated carbocycles. The van der Waals surface area contributed by atoms with Gasteiger partial charge in [-0.3, -0.25) is 4.79 Å². The van der Waals surface area contributed by atoms with Gasteiger partial charge in [0.15, 0.2) is 0 Å². The third kappa shape index (κ3) is 2.02. The van der Waals surface area contributed by atoms with E-state index in [1.807, 2.05) is 12.1 Å². The van der Waals surface area contributed by atoms with Crippen molar-refractivity contribution in [1.82, 2.24) is 0 Å². The van der Waals surface area contributed by atoms with E-state index in [1.54, 1.807) is 0 Å². The molecular weight excluding hydrogens is 268 g/mol. The molecule has 0 N–H and O–H groups in total. The topological polar surface area (TPSA) is 17.1 Å². The molecule has 4 unspecified atom stereocenters. The van der Waals surface area contributed by atoms with Gasteiger partial charge in [-0.25, -0.2) is 0 Å². The van der Waals surface area contributed by atoms with E-state index in [2.05, 4.69) is 32.9 Å². The first kappa shape index (κ1) is 14.1. The molecule has 1 nitrogen and oxygen atoms in total. The Bertz CT molecular complexity index is 519. The van der Waals surface area contributed by atoms with Gasteiger partial charge in [-0.2, -0.15) is 0 Å². The van der Waals surface area contributed by atoms with E-state index in [0.29, 0.717) is 23.5 Å². The van der Waals surface area contributed by atoms with E-state index < -0.39 is 0 Å². The monoisotopic (exact) mass is 290 g/mol. The smallest absolute Gasteiger partial charge is 0.143 e. The van der Waals surface area contributed by atoms with Crippen LogP contribution in [0, 0.1) is 23.2 Å². The van der Waals surface area contributed by atoms with Gasteiger partial charge >= 0.3 is 0 Å². The number of halogens is 1. The zero-order valence-corrected chi connectivity index (χ0v) is 13.3. The number of hydrogen-bond acceptors (Lipinski definition) is 1. The van der Waals surface area contributed by atoms with Gasteiger partial charge in [0, 0.05) is 16.4 Å². The second-order valence-corrected chi connectivity index (χ2v) is 7.48. The summed E-state index contributed by atoms with van der Waals surface area (Å²) in [6.07, 6.45) is 3.31. The third-order valence-electron chi connectivity index (χ3n) is 5.67. The highest BCUT2D eigenvalue weighted by molar-refractivity contribution is 6.30. The highest BCUT2D eigenvalue weighted by Crippen LogP contribution is 2.68. The van der Waals surface area contributed by atoms with Gasteiger partial charge in [0.2, 0.25) is 0 Å². The molecule has 0 bridgehead atoms. The predicted octanol–water partition coefficient (Wildman–Crippen LogP) is 5.08. The number of hydrogen-bond donors (Lipinski definition) is 0. The minimum Gasteiger partial charge on any atom is -0.299 e. The first-order chi connectivity index (χ1) is 9.46. The second kappa shape index (κ2) is 4.87. The van der Waals surface area contributed by atoms with Crippen molar-refractivity contribution in [2.45, 2.75) is 46.0 Å².